The smallest absolute Gasteiger partial charge is 0.421 e. The summed E-state index contributed by atoms with van der Waals surface area (Å²) >= 11 is 0. The van der Waals surface area contributed by atoms with Gasteiger partial charge in [-0.2, -0.15) is 13.1 Å². The Morgan fingerprint density at radius 3 is 2.46 bits per heavy atom. The van der Waals surface area contributed by atoms with Crippen LogP contribution in [0.5, 0.6) is 0 Å². The molecule has 3 atom stereocenters. The standard InChI is InChI=1S/C15H26N2O6S/c18-8-10-22-9-7-16-24(20,21)17-15(19)23-11-14-12-5-3-1-2-4-6-13(12)14/h1-2,12-14,16,18H,3-11H2,(H,17,19)/b2-1-/t12-,13+,14-. The van der Waals surface area contributed by atoms with Crippen LogP contribution in [-0.4, -0.2) is 52.6 Å². The zero-order valence-electron chi connectivity index (χ0n) is 13.6. The van der Waals surface area contributed by atoms with E-state index in [0.29, 0.717) is 17.8 Å². The van der Waals surface area contributed by atoms with Gasteiger partial charge < -0.3 is 14.6 Å². The average molecular weight is 362 g/mol. The van der Waals surface area contributed by atoms with E-state index in [9.17, 15) is 13.2 Å². The number of rotatable bonds is 9. The van der Waals surface area contributed by atoms with Crippen molar-refractivity contribution in [2.24, 2.45) is 17.8 Å². The molecule has 0 unspecified atom stereocenters. The molecule has 0 aromatic heterocycles. The highest BCUT2D eigenvalue weighted by molar-refractivity contribution is 7.88. The molecular weight excluding hydrogens is 336 g/mol. The van der Waals surface area contributed by atoms with Crippen molar-refractivity contribution in [1.82, 2.24) is 9.44 Å². The van der Waals surface area contributed by atoms with Crippen LogP contribution < -0.4 is 9.44 Å². The molecule has 2 rings (SSSR count). The number of amides is 1. The summed E-state index contributed by atoms with van der Waals surface area (Å²) in [6.45, 7) is 0.377. The molecule has 1 amide bonds. The van der Waals surface area contributed by atoms with E-state index in [4.69, 9.17) is 14.6 Å². The van der Waals surface area contributed by atoms with Crippen LogP contribution in [0.2, 0.25) is 0 Å². The number of hydrogen-bond acceptors (Lipinski definition) is 6. The lowest BCUT2D eigenvalue weighted by atomic mass is 10.1. The van der Waals surface area contributed by atoms with Crippen molar-refractivity contribution in [3.05, 3.63) is 12.2 Å². The summed E-state index contributed by atoms with van der Waals surface area (Å²) in [5.41, 5.74) is 0. The minimum absolute atomic E-state index is 0.00237. The largest absolute Gasteiger partial charge is 0.449 e. The van der Waals surface area contributed by atoms with Crippen LogP contribution >= 0.6 is 0 Å². The van der Waals surface area contributed by atoms with E-state index in [-0.39, 0.29) is 33.0 Å². The van der Waals surface area contributed by atoms with E-state index in [1.165, 1.54) is 0 Å². The normalized spacial score (nSPS) is 27.5. The second-order valence-electron chi connectivity index (χ2n) is 6.05. The van der Waals surface area contributed by atoms with E-state index in [1.54, 1.807) is 0 Å². The van der Waals surface area contributed by atoms with Gasteiger partial charge in [-0.1, -0.05) is 12.2 Å². The predicted octanol–water partition coefficient (Wildman–Crippen LogP) is 0.548. The lowest BCUT2D eigenvalue weighted by molar-refractivity contribution is 0.0961. The van der Waals surface area contributed by atoms with Crippen LogP contribution in [0.3, 0.4) is 0 Å². The molecule has 9 heteroatoms. The van der Waals surface area contributed by atoms with Crippen molar-refractivity contribution in [3.8, 4) is 0 Å². The summed E-state index contributed by atoms with van der Waals surface area (Å²) < 4.78 is 37.2. The van der Waals surface area contributed by atoms with E-state index in [0.717, 1.165) is 25.7 Å². The molecule has 3 N–H and O–H groups in total. The van der Waals surface area contributed by atoms with Gasteiger partial charge in [-0.15, -0.1) is 0 Å². The van der Waals surface area contributed by atoms with Crippen molar-refractivity contribution < 1.29 is 27.8 Å². The van der Waals surface area contributed by atoms with Crippen LogP contribution in [0, 0.1) is 17.8 Å². The fourth-order valence-electron chi connectivity index (χ4n) is 3.20. The molecule has 1 fully saturated rings. The van der Waals surface area contributed by atoms with Crippen molar-refractivity contribution in [1.29, 1.82) is 0 Å². The van der Waals surface area contributed by atoms with Gasteiger partial charge in [0.2, 0.25) is 0 Å². The Labute approximate surface area is 142 Å². The van der Waals surface area contributed by atoms with E-state index >= 15 is 0 Å². The highest BCUT2D eigenvalue weighted by atomic mass is 32.2. The molecule has 8 nitrogen and oxygen atoms in total. The van der Waals surface area contributed by atoms with Gasteiger partial charge in [0.15, 0.2) is 0 Å². The third-order valence-electron chi connectivity index (χ3n) is 4.41. The van der Waals surface area contributed by atoms with Crippen LogP contribution in [-0.2, 0) is 19.7 Å². The molecule has 1 saturated carbocycles. The number of nitrogens with one attached hydrogen (secondary N) is 2. The number of carbonyl (C=O) groups is 1. The molecule has 2 aliphatic rings. The maximum Gasteiger partial charge on any atom is 0.421 e. The summed E-state index contributed by atoms with van der Waals surface area (Å²) in [6.07, 6.45) is 7.75. The van der Waals surface area contributed by atoms with Crippen LogP contribution in [0.15, 0.2) is 12.2 Å². The van der Waals surface area contributed by atoms with Gasteiger partial charge in [0.1, 0.15) is 0 Å². The first-order valence-electron chi connectivity index (χ1n) is 8.31. The fraction of sp³-hybridized carbons (Fsp3) is 0.800. The molecule has 0 aromatic carbocycles. The Kier molecular flexibility index (Phi) is 7.47. The first-order chi connectivity index (χ1) is 11.5. The molecule has 0 heterocycles. The quantitative estimate of drug-likeness (QED) is 0.408. The predicted molar refractivity (Wildman–Crippen MR) is 87.4 cm³/mol. The van der Waals surface area contributed by atoms with Gasteiger partial charge in [-0.3, -0.25) is 0 Å². The summed E-state index contributed by atoms with van der Waals surface area (Å²) in [4.78, 5) is 11.6. The van der Waals surface area contributed by atoms with E-state index in [1.807, 2.05) is 4.72 Å². The van der Waals surface area contributed by atoms with Crippen molar-refractivity contribution >= 4 is 16.3 Å². The van der Waals surface area contributed by atoms with Gasteiger partial charge in [0, 0.05) is 6.54 Å². The third kappa shape index (κ3) is 6.39. The number of aliphatic hydroxyl groups is 1. The van der Waals surface area contributed by atoms with E-state index in [2.05, 4.69) is 16.9 Å². The zero-order chi connectivity index (χ0) is 17.4. The molecule has 0 saturated heterocycles. The van der Waals surface area contributed by atoms with Gasteiger partial charge in [0.25, 0.3) is 0 Å². The van der Waals surface area contributed by atoms with Gasteiger partial charge >= 0.3 is 16.3 Å². The van der Waals surface area contributed by atoms with Crippen LogP contribution in [0.1, 0.15) is 25.7 Å². The number of carbonyl (C=O) groups excluding carboxylic acids is 1. The SMILES string of the molecule is O=C(NS(=O)(=O)NCCOCCO)OC[C@@H]1[C@@H]2CC/C=C\CC[C@@H]21. The molecule has 2 aliphatic carbocycles. The van der Waals surface area contributed by atoms with Crippen LogP contribution in [0.4, 0.5) is 4.79 Å². The molecule has 0 bridgehead atoms. The average Bonchev–Trinajstić information content (AvgIpc) is 3.14. The van der Waals surface area contributed by atoms with Gasteiger partial charge in [-0.25, -0.2) is 9.52 Å². The third-order valence-corrected chi connectivity index (χ3v) is 5.43. The minimum atomic E-state index is -3.96. The Bertz CT molecular complexity index is 520. The number of allylic oxidation sites excluding steroid dienone is 2. The lowest BCUT2D eigenvalue weighted by Gasteiger charge is -2.09. The summed E-state index contributed by atoms with van der Waals surface area (Å²) in [5.74, 6) is 1.51. The second kappa shape index (κ2) is 9.36. The number of fused-ring (bicyclic) bond motifs is 1. The van der Waals surface area contributed by atoms with E-state index < -0.39 is 16.3 Å². The highest BCUT2D eigenvalue weighted by Gasteiger charge is 2.49. The Morgan fingerprint density at radius 1 is 1.17 bits per heavy atom. The molecule has 0 aromatic rings. The summed E-state index contributed by atoms with van der Waals surface area (Å²) in [5, 5.41) is 8.52. The maximum absolute atomic E-state index is 11.6. The molecule has 0 radical (unpaired) electrons. The topological polar surface area (TPSA) is 114 Å². The zero-order valence-corrected chi connectivity index (χ0v) is 14.5. The molecule has 138 valence electrons. The fourth-order valence-corrected chi connectivity index (χ4v) is 3.91. The Hall–Kier alpha value is -1.16. The van der Waals surface area contributed by atoms with Crippen molar-refractivity contribution in [2.75, 3.05) is 33.0 Å². The number of ether oxygens (including phenoxy) is 2. The van der Waals surface area contributed by atoms with Gasteiger partial charge in [0.05, 0.1) is 26.4 Å². The number of aliphatic hydroxyl groups excluding tert-OH is 1. The maximum atomic E-state index is 11.6. The molecular formula is C15H26N2O6S. The summed E-state index contributed by atoms with van der Waals surface area (Å²) in [6, 6.07) is 0. The highest BCUT2D eigenvalue weighted by Crippen LogP contribution is 2.52. The van der Waals surface area contributed by atoms with Crippen molar-refractivity contribution in [3.63, 3.8) is 0 Å². The minimum Gasteiger partial charge on any atom is -0.449 e. The second-order valence-corrected chi connectivity index (χ2v) is 7.55. The summed E-state index contributed by atoms with van der Waals surface area (Å²) in [7, 11) is -3.96. The molecule has 0 aliphatic heterocycles. The van der Waals surface area contributed by atoms with Crippen LogP contribution in [0.25, 0.3) is 0 Å². The Balaban J connectivity index is 1.62. The lowest BCUT2D eigenvalue weighted by Crippen LogP contribution is -2.42. The number of hydrogen-bond donors (Lipinski definition) is 3. The first-order valence-corrected chi connectivity index (χ1v) is 9.79. The monoisotopic (exact) mass is 362 g/mol. The van der Waals surface area contributed by atoms with Crippen molar-refractivity contribution in [2.45, 2.75) is 25.7 Å². The first kappa shape index (κ1) is 19.2. The van der Waals surface area contributed by atoms with Gasteiger partial charge in [-0.05, 0) is 43.4 Å². The Morgan fingerprint density at radius 2 is 1.83 bits per heavy atom. The molecule has 24 heavy (non-hydrogen) atoms. The molecule has 0 spiro atoms.